The molecule has 1 rings (SSSR count). The fraction of sp³-hybridized carbons (Fsp3) is 0.462. The first kappa shape index (κ1) is 14.0. The number of carboxylic acids is 1. The normalized spacial score (nSPS) is 12.6. The van der Waals surface area contributed by atoms with Crippen LogP contribution in [0.5, 0.6) is 5.75 Å². The zero-order valence-electron chi connectivity index (χ0n) is 10.5. The zero-order valence-corrected chi connectivity index (χ0v) is 12.0. The molecule has 3 nitrogen and oxygen atoms in total. The molecule has 0 heterocycles. The first-order valence-electron chi connectivity index (χ1n) is 5.48. The molecular weight excluding hydrogens is 284 g/mol. The highest BCUT2D eigenvalue weighted by Crippen LogP contribution is 2.36. The van der Waals surface area contributed by atoms with Crippen LogP contribution >= 0.6 is 15.9 Å². The van der Waals surface area contributed by atoms with Crippen LogP contribution in [-0.4, -0.2) is 18.2 Å². The minimum absolute atomic E-state index is 0.330. The number of rotatable bonds is 4. The van der Waals surface area contributed by atoms with Gasteiger partial charge in [-0.2, -0.15) is 0 Å². The molecule has 0 spiro atoms. The molecule has 0 amide bonds. The van der Waals surface area contributed by atoms with Gasteiger partial charge in [0.05, 0.1) is 17.5 Å². The maximum absolute atomic E-state index is 11.1. The third kappa shape index (κ3) is 3.00. The summed E-state index contributed by atoms with van der Waals surface area (Å²) in [5, 5.41) is 9.09. The number of carboxylic acid groups (broad SMARTS) is 1. The molecule has 1 atom stereocenters. The average Bonchev–Trinajstić information content (AvgIpc) is 2.27. The second-order valence-electron chi connectivity index (χ2n) is 4.34. The Labute approximate surface area is 110 Å². The molecule has 1 N–H and O–H groups in total. The van der Waals surface area contributed by atoms with Gasteiger partial charge in [0.25, 0.3) is 0 Å². The van der Waals surface area contributed by atoms with Crippen molar-refractivity contribution in [2.45, 2.75) is 32.6 Å². The lowest BCUT2D eigenvalue weighted by molar-refractivity contribution is -0.138. The smallest absolute Gasteiger partial charge is 0.310 e. The van der Waals surface area contributed by atoms with E-state index in [9.17, 15) is 4.79 Å². The van der Waals surface area contributed by atoms with Gasteiger partial charge in [0.2, 0.25) is 0 Å². The van der Waals surface area contributed by atoms with Crippen molar-refractivity contribution < 1.29 is 14.6 Å². The van der Waals surface area contributed by atoms with Crippen molar-refractivity contribution in [1.29, 1.82) is 0 Å². The highest BCUT2D eigenvalue weighted by atomic mass is 79.9. The topological polar surface area (TPSA) is 46.5 Å². The van der Waals surface area contributed by atoms with Gasteiger partial charge in [0, 0.05) is 0 Å². The number of benzene rings is 1. The van der Waals surface area contributed by atoms with Gasteiger partial charge in [-0.3, -0.25) is 4.79 Å². The summed E-state index contributed by atoms with van der Waals surface area (Å²) < 4.78 is 5.99. The van der Waals surface area contributed by atoms with Crippen LogP contribution in [0.3, 0.4) is 0 Å². The van der Waals surface area contributed by atoms with Crippen molar-refractivity contribution in [3.05, 3.63) is 27.7 Å². The number of aliphatic carboxylic acids is 1. The Morgan fingerprint density at radius 1 is 1.35 bits per heavy atom. The molecule has 0 saturated carbocycles. The van der Waals surface area contributed by atoms with E-state index in [-0.39, 0.29) is 0 Å². The van der Waals surface area contributed by atoms with Crippen molar-refractivity contribution in [1.82, 2.24) is 0 Å². The van der Waals surface area contributed by atoms with Crippen molar-refractivity contribution in [3.63, 3.8) is 0 Å². The third-order valence-corrected chi connectivity index (χ3v) is 3.66. The predicted molar refractivity (Wildman–Crippen MR) is 70.8 cm³/mol. The van der Waals surface area contributed by atoms with Crippen molar-refractivity contribution >= 4 is 21.9 Å². The number of hydrogen-bond donors (Lipinski definition) is 1. The summed E-state index contributed by atoms with van der Waals surface area (Å²) in [6, 6.07) is 3.86. The van der Waals surface area contributed by atoms with Crippen LogP contribution < -0.4 is 4.74 Å². The van der Waals surface area contributed by atoms with E-state index in [4.69, 9.17) is 9.84 Å². The van der Waals surface area contributed by atoms with E-state index in [1.807, 2.05) is 12.1 Å². The molecule has 1 unspecified atom stereocenters. The SMILES string of the molecule is COc1cc(C(C)C)cc(C(C)C(=O)O)c1Br. The monoisotopic (exact) mass is 300 g/mol. The Balaban J connectivity index is 3.37. The summed E-state index contributed by atoms with van der Waals surface area (Å²) in [7, 11) is 1.58. The average molecular weight is 301 g/mol. The van der Waals surface area contributed by atoms with Gasteiger partial charge >= 0.3 is 5.97 Å². The standard InChI is InChI=1S/C13H17BrO3/c1-7(2)9-5-10(8(3)13(15)16)12(14)11(6-9)17-4/h5-8H,1-4H3,(H,15,16). The van der Waals surface area contributed by atoms with Gasteiger partial charge in [-0.05, 0) is 46.0 Å². The number of carbonyl (C=O) groups is 1. The molecule has 1 aromatic carbocycles. The Morgan fingerprint density at radius 3 is 2.35 bits per heavy atom. The summed E-state index contributed by atoms with van der Waals surface area (Å²) in [6.45, 7) is 5.81. The number of ether oxygens (including phenoxy) is 1. The molecule has 0 aliphatic rings. The van der Waals surface area contributed by atoms with Crippen LogP contribution in [0.15, 0.2) is 16.6 Å². The Kier molecular flexibility index (Phi) is 4.57. The zero-order chi connectivity index (χ0) is 13.2. The lowest BCUT2D eigenvalue weighted by Gasteiger charge is -2.16. The van der Waals surface area contributed by atoms with E-state index in [1.54, 1.807) is 14.0 Å². The summed E-state index contributed by atoms with van der Waals surface area (Å²) in [4.78, 5) is 11.1. The summed E-state index contributed by atoms with van der Waals surface area (Å²) >= 11 is 3.41. The Bertz CT molecular complexity index is 427. The lowest BCUT2D eigenvalue weighted by Crippen LogP contribution is -2.09. The van der Waals surface area contributed by atoms with E-state index in [0.717, 1.165) is 15.6 Å². The predicted octanol–water partition coefficient (Wildman–Crippen LogP) is 3.77. The van der Waals surface area contributed by atoms with E-state index in [1.165, 1.54) is 0 Å². The fourth-order valence-electron chi connectivity index (χ4n) is 1.57. The molecule has 94 valence electrons. The number of methoxy groups -OCH3 is 1. The summed E-state index contributed by atoms with van der Waals surface area (Å²) in [6.07, 6.45) is 0. The lowest BCUT2D eigenvalue weighted by atomic mass is 9.94. The number of halogens is 1. The second-order valence-corrected chi connectivity index (χ2v) is 5.13. The highest BCUT2D eigenvalue weighted by Gasteiger charge is 2.20. The molecule has 0 radical (unpaired) electrons. The molecule has 0 saturated heterocycles. The quantitative estimate of drug-likeness (QED) is 0.921. The molecule has 0 aliphatic heterocycles. The van der Waals surface area contributed by atoms with Gasteiger partial charge in [-0.1, -0.05) is 19.9 Å². The molecule has 0 aliphatic carbocycles. The van der Waals surface area contributed by atoms with Crippen molar-refractivity contribution in [2.24, 2.45) is 0 Å². The fourth-order valence-corrected chi connectivity index (χ4v) is 2.31. The summed E-state index contributed by atoms with van der Waals surface area (Å²) in [5.74, 6) is -0.387. The van der Waals surface area contributed by atoms with Crippen molar-refractivity contribution in [2.75, 3.05) is 7.11 Å². The van der Waals surface area contributed by atoms with Crippen LogP contribution in [0.1, 0.15) is 43.7 Å². The van der Waals surface area contributed by atoms with Gasteiger partial charge in [0.1, 0.15) is 5.75 Å². The Morgan fingerprint density at radius 2 is 1.94 bits per heavy atom. The van der Waals surface area contributed by atoms with Gasteiger partial charge in [-0.25, -0.2) is 0 Å². The summed E-state index contributed by atoms with van der Waals surface area (Å²) in [5.41, 5.74) is 1.83. The molecule has 1 aromatic rings. The third-order valence-electron chi connectivity index (χ3n) is 2.81. The largest absolute Gasteiger partial charge is 0.496 e. The molecule has 0 bridgehead atoms. The number of hydrogen-bond acceptors (Lipinski definition) is 2. The van der Waals surface area contributed by atoms with E-state index < -0.39 is 11.9 Å². The van der Waals surface area contributed by atoms with Crippen LogP contribution in [0, 0.1) is 0 Å². The van der Waals surface area contributed by atoms with E-state index in [0.29, 0.717) is 11.7 Å². The minimum atomic E-state index is -0.839. The molecule has 17 heavy (non-hydrogen) atoms. The van der Waals surface area contributed by atoms with Crippen LogP contribution in [-0.2, 0) is 4.79 Å². The van der Waals surface area contributed by atoms with Crippen molar-refractivity contribution in [3.8, 4) is 5.75 Å². The molecule has 4 heteroatoms. The van der Waals surface area contributed by atoms with Gasteiger partial charge in [-0.15, -0.1) is 0 Å². The van der Waals surface area contributed by atoms with Crippen LogP contribution in [0.2, 0.25) is 0 Å². The maximum atomic E-state index is 11.1. The van der Waals surface area contributed by atoms with E-state index >= 15 is 0 Å². The highest BCUT2D eigenvalue weighted by molar-refractivity contribution is 9.10. The second kappa shape index (κ2) is 5.54. The first-order chi connectivity index (χ1) is 7.88. The van der Waals surface area contributed by atoms with Gasteiger partial charge in [0.15, 0.2) is 0 Å². The maximum Gasteiger partial charge on any atom is 0.310 e. The van der Waals surface area contributed by atoms with Gasteiger partial charge < -0.3 is 9.84 Å². The molecule has 0 fully saturated rings. The van der Waals surface area contributed by atoms with Crippen LogP contribution in [0.4, 0.5) is 0 Å². The van der Waals surface area contributed by atoms with E-state index in [2.05, 4.69) is 29.8 Å². The Hall–Kier alpha value is -1.03. The first-order valence-corrected chi connectivity index (χ1v) is 6.27. The molecular formula is C13H17BrO3. The van der Waals surface area contributed by atoms with Crippen LogP contribution in [0.25, 0.3) is 0 Å². The minimum Gasteiger partial charge on any atom is -0.496 e. The molecule has 0 aromatic heterocycles.